The molecule has 3 fully saturated rings. The number of anilines is 3. The van der Waals surface area contributed by atoms with Crippen molar-refractivity contribution in [3.63, 3.8) is 0 Å². The largest absolute Gasteiger partial charge is 0.381 e. The average molecular weight is 467 g/mol. The van der Waals surface area contributed by atoms with E-state index in [1.54, 1.807) is 6.07 Å². The van der Waals surface area contributed by atoms with Gasteiger partial charge in [0.05, 0.1) is 12.1 Å². The lowest BCUT2D eigenvalue weighted by atomic mass is 9.88. The molecule has 184 valence electrons. The van der Waals surface area contributed by atoms with Gasteiger partial charge in [-0.3, -0.25) is 0 Å². The summed E-state index contributed by atoms with van der Waals surface area (Å²) in [4.78, 5) is 12.4. The summed E-state index contributed by atoms with van der Waals surface area (Å²) < 4.78 is 20.0. The molecule has 4 heterocycles. The van der Waals surface area contributed by atoms with E-state index in [9.17, 15) is 4.39 Å². The molecule has 3 saturated heterocycles. The van der Waals surface area contributed by atoms with Crippen molar-refractivity contribution in [2.45, 2.75) is 64.0 Å². The van der Waals surface area contributed by atoms with Gasteiger partial charge < -0.3 is 19.4 Å². The average Bonchev–Trinajstić information content (AvgIpc) is 3.26. The fourth-order valence-electron chi connectivity index (χ4n) is 6.28. The zero-order valence-corrected chi connectivity index (χ0v) is 20.5. The number of pyridine rings is 1. The topological polar surface area (TPSA) is 31.8 Å². The summed E-state index contributed by atoms with van der Waals surface area (Å²) in [7, 11) is 0. The summed E-state index contributed by atoms with van der Waals surface area (Å²) in [6, 6.07) is 12.3. The minimum Gasteiger partial charge on any atom is -0.381 e. The first-order valence-electron chi connectivity index (χ1n) is 13.3. The fraction of sp³-hybridized carbons (Fsp3) is 0.607. The Kier molecular flexibility index (Phi) is 7.53. The standard InChI is InChI=1S/C28H39FN4O/c1-2-17-34-18-12-22-21-33(27-20-24(11-13-30-27)31-14-4-3-5-15-31)26-10-7-16-32(28(22)26)25-9-6-8-23(29)19-25/h6,8-9,11,13,19-20,22,26,28H,2-5,7,10,12,14-18,21H2,1H3/t22-,26-,28-/m0/s1. The zero-order valence-electron chi connectivity index (χ0n) is 20.5. The molecule has 0 radical (unpaired) electrons. The molecule has 1 aromatic carbocycles. The van der Waals surface area contributed by atoms with Crippen molar-refractivity contribution >= 4 is 17.2 Å². The second-order valence-corrected chi connectivity index (χ2v) is 10.1. The molecule has 2 aromatic rings. The summed E-state index contributed by atoms with van der Waals surface area (Å²) in [6.07, 6.45) is 10.2. The maximum atomic E-state index is 14.1. The number of benzene rings is 1. The highest BCUT2D eigenvalue weighted by atomic mass is 19.1. The molecule has 0 amide bonds. The van der Waals surface area contributed by atoms with E-state index in [2.05, 4.69) is 39.8 Å². The molecular weight excluding hydrogens is 427 g/mol. The molecule has 34 heavy (non-hydrogen) atoms. The van der Waals surface area contributed by atoms with Crippen LogP contribution in [-0.2, 0) is 4.74 Å². The third-order valence-corrected chi connectivity index (χ3v) is 7.83. The maximum Gasteiger partial charge on any atom is 0.130 e. The molecular formula is C28H39FN4O. The minimum absolute atomic E-state index is 0.159. The first kappa shape index (κ1) is 23.4. The van der Waals surface area contributed by atoms with Crippen LogP contribution in [0.15, 0.2) is 42.6 Å². The second-order valence-electron chi connectivity index (χ2n) is 10.1. The normalized spacial score (nSPS) is 25.0. The molecule has 0 saturated carbocycles. The number of rotatable bonds is 8. The maximum absolute atomic E-state index is 14.1. The number of hydrogen-bond acceptors (Lipinski definition) is 5. The van der Waals surface area contributed by atoms with Gasteiger partial charge >= 0.3 is 0 Å². The predicted molar refractivity (Wildman–Crippen MR) is 137 cm³/mol. The quantitative estimate of drug-likeness (QED) is 0.480. The molecule has 0 spiro atoms. The molecule has 0 aliphatic carbocycles. The number of nitrogens with zero attached hydrogens (tertiary/aromatic N) is 4. The highest BCUT2D eigenvalue weighted by Gasteiger charge is 2.47. The molecule has 1 aromatic heterocycles. The van der Waals surface area contributed by atoms with Gasteiger partial charge in [0, 0.05) is 68.9 Å². The number of hydrogen-bond donors (Lipinski definition) is 0. The van der Waals surface area contributed by atoms with Crippen molar-refractivity contribution in [2.24, 2.45) is 5.92 Å². The SMILES string of the molecule is CCCOCC[C@H]1CN(c2cc(N3CCCCC3)ccn2)[C@H]2CCCN(c3cccc(F)c3)[C@@H]12. The summed E-state index contributed by atoms with van der Waals surface area (Å²) >= 11 is 0. The van der Waals surface area contributed by atoms with Crippen LogP contribution >= 0.6 is 0 Å². The Bertz CT molecular complexity index is 934. The second kappa shape index (κ2) is 10.9. The number of ether oxygens (including phenoxy) is 1. The first-order chi connectivity index (χ1) is 16.7. The van der Waals surface area contributed by atoms with Gasteiger partial charge in [-0.1, -0.05) is 13.0 Å². The van der Waals surface area contributed by atoms with Crippen LogP contribution in [0.1, 0.15) is 51.9 Å². The number of aromatic nitrogens is 1. The van der Waals surface area contributed by atoms with Gasteiger partial charge in [-0.25, -0.2) is 9.37 Å². The molecule has 6 heteroatoms. The lowest BCUT2D eigenvalue weighted by Gasteiger charge is -2.43. The van der Waals surface area contributed by atoms with Crippen molar-refractivity contribution in [2.75, 3.05) is 54.1 Å². The van der Waals surface area contributed by atoms with Gasteiger partial charge in [0.15, 0.2) is 0 Å². The van der Waals surface area contributed by atoms with Crippen LogP contribution in [0.2, 0.25) is 0 Å². The number of fused-ring (bicyclic) bond motifs is 1. The highest BCUT2D eigenvalue weighted by molar-refractivity contribution is 5.58. The molecule has 3 aliphatic rings. The van der Waals surface area contributed by atoms with E-state index in [0.29, 0.717) is 18.0 Å². The van der Waals surface area contributed by atoms with Crippen molar-refractivity contribution in [3.8, 4) is 0 Å². The lowest BCUT2D eigenvalue weighted by Crippen LogP contribution is -2.52. The van der Waals surface area contributed by atoms with E-state index >= 15 is 0 Å². The summed E-state index contributed by atoms with van der Waals surface area (Å²) in [5.74, 6) is 1.40. The van der Waals surface area contributed by atoms with Gasteiger partial charge in [0.25, 0.3) is 0 Å². The third-order valence-electron chi connectivity index (χ3n) is 7.83. The third kappa shape index (κ3) is 5.02. The van der Waals surface area contributed by atoms with Gasteiger partial charge in [-0.15, -0.1) is 0 Å². The Balaban J connectivity index is 1.41. The van der Waals surface area contributed by atoms with Crippen LogP contribution in [0.5, 0.6) is 0 Å². The lowest BCUT2D eigenvalue weighted by molar-refractivity contribution is 0.119. The Morgan fingerprint density at radius 2 is 1.85 bits per heavy atom. The van der Waals surface area contributed by atoms with Gasteiger partial charge in [-0.2, -0.15) is 0 Å². The van der Waals surface area contributed by atoms with Crippen molar-refractivity contribution in [3.05, 3.63) is 48.4 Å². The van der Waals surface area contributed by atoms with Gasteiger partial charge in [0.2, 0.25) is 0 Å². The summed E-state index contributed by atoms with van der Waals surface area (Å²) in [5.41, 5.74) is 2.31. The monoisotopic (exact) mass is 466 g/mol. The van der Waals surface area contributed by atoms with E-state index < -0.39 is 0 Å². The molecule has 0 bridgehead atoms. The van der Waals surface area contributed by atoms with Crippen molar-refractivity contribution < 1.29 is 9.13 Å². The minimum atomic E-state index is -0.159. The fourth-order valence-corrected chi connectivity index (χ4v) is 6.28. The Labute approximate surface area is 203 Å². The van der Waals surface area contributed by atoms with E-state index in [1.807, 2.05) is 12.3 Å². The molecule has 0 N–H and O–H groups in total. The molecule has 5 rings (SSSR count). The summed E-state index contributed by atoms with van der Waals surface area (Å²) in [5, 5.41) is 0. The van der Waals surface area contributed by atoms with Gasteiger partial charge in [-0.05, 0) is 69.2 Å². The Morgan fingerprint density at radius 1 is 0.971 bits per heavy atom. The molecule has 0 unspecified atom stereocenters. The van der Waals surface area contributed by atoms with Crippen LogP contribution in [0.25, 0.3) is 0 Å². The first-order valence-corrected chi connectivity index (χ1v) is 13.3. The van der Waals surface area contributed by atoms with Crippen LogP contribution in [0.3, 0.4) is 0 Å². The van der Waals surface area contributed by atoms with E-state index in [1.165, 1.54) is 31.0 Å². The van der Waals surface area contributed by atoms with E-state index in [-0.39, 0.29) is 5.82 Å². The molecule has 5 nitrogen and oxygen atoms in total. The molecule has 3 atom stereocenters. The molecule has 3 aliphatic heterocycles. The Hall–Kier alpha value is -2.34. The summed E-state index contributed by atoms with van der Waals surface area (Å²) in [6.45, 7) is 7.99. The van der Waals surface area contributed by atoms with Crippen molar-refractivity contribution in [1.29, 1.82) is 0 Å². The van der Waals surface area contributed by atoms with Gasteiger partial charge in [0.1, 0.15) is 11.6 Å². The van der Waals surface area contributed by atoms with E-state index in [0.717, 1.165) is 76.6 Å². The predicted octanol–water partition coefficient (Wildman–Crippen LogP) is 5.50. The highest BCUT2D eigenvalue weighted by Crippen LogP contribution is 2.41. The van der Waals surface area contributed by atoms with Crippen LogP contribution < -0.4 is 14.7 Å². The van der Waals surface area contributed by atoms with Crippen molar-refractivity contribution in [1.82, 2.24) is 4.98 Å². The number of piperidine rings is 2. The van der Waals surface area contributed by atoms with Crippen LogP contribution in [0, 0.1) is 11.7 Å². The smallest absolute Gasteiger partial charge is 0.130 e. The van der Waals surface area contributed by atoms with Crippen LogP contribution in [-0.4, -0.2) is 56.5 Å². The zero-order chi connectivity index (χ0) is 23.3. The Morgan fingerprint density at radius 3 is 2.68 bits per heavy atom. The van der Waals surface area contributed by atoms with Crippen LogP contribution in [0.4, 0.5) is 21.6 Å². The van der Waals surface area contributed by atoms with E-state index in [4.69, 9.17) is 9.72 Å². The number of halogens is 1.